The Kier molecular flexibility index (Phi) is 6.35. The van der Waals surface area contributed by atoms with Crippen molar-refractivity contribution in [1.82, 2.24) is 4.90 Å². The summed E-state index contributed by atoms with van der Waals surface area (Å²) in [5.74, 6) is 0.133. The van der Waals surface area contributed by atoms with Gasteiger partial charge in [-0.2, -0.15) is 0 Å². The largest absolute Gasteiger partial charge is 0.342 e. The summed E-state index contributed by atoms with van der Waals surface area (Å²) in [5.41, 5.74) is 8.65. The molecule has 3 nitrogen and oxygen atoms in total. The number of halogens is 2. The number of amides is 1. The third-order valence-electron chi connectivity index (χ3n) is 4.44. The summed E-state index contributed by atoms with van der Waals surface area (Å²) in [7, 11) is 0. The minimum Gasteiger partial charge on any atom is -0.342 e. The molecule has 1 aliphatic heterocycles. The zero-order valence-electron chi connectivity index (χ0n) is 13.5. The van der Waals surface area contributed by atoms with Crippen LogP contribution in [0.1, 0.15) is 29.0 Å². The fraction of sp³-hybridized carbons (Fsp3) is 0.316. The molecule has 0 aromatic heterocycles. The van der Waals surface area contributed by atoms with E-state index in [2.05, 4.69) is 0 Å². The number of benzene rings is 2. The first-order valence-corrected chi connectivity index (χ1v) is 7.97. The maximum absolute atomic E-state index is 13.3. The van der Waals surface area contributed by atoms with Crippen molar-refractivity contribution in [2.75, 3.05) is 13.1 Å². The van der Waals surface area contributed by atoms with Crippen molar-refractivity contribution in [3.05, 3.63) is 71.0 Å². The minimum absolute atomic E-state index is 0. The van der Waals surface area contributed by atoms with Gasteiger partial charge in [0.05, 0.1) is 6.42 Å². The maximum atomic E-state index is 13.3. The molecule has 1 saturated heterocycles. The summed E-state index contributed by atoms with van der Waals surface area (Å²) in [6, 6.07) is 14.5. The van der Waals surface area contributed by atoms with Gasteiger partial charge in [0.25, 0.3) is 0 Å². The van der Waals surface area contributed by atoms with Gasteiger partial charge in [0, 0.05) is 25.6 Å². The molecule has 24 heavy (non-hydrogen) atoms. The maximum Gasteiger partial charge on any atom is 0.227 e. The summed E-state index contributed by atoms with van der Waals surface area (Å²) in [6.45, 7) is 1.88. The van der Waals surface area contributed by atoms with Gasteiger partial charge >= 0.3 is 0 Å². The standard InChI is InChI=1S/C19H21FN2O.ClH/c20-18-6-2-5-16(11-18)17-7-8-22(13-17)19(23)10-14-3-1-4-15(9-14)12-21;/h1-6,9,11,17H,7-8,10,12-13,21H2;1H. The molecule has 1 fully saturated rings. The van der Waals surface area contributed by atoms with Crippen LogP contribution in [0.15, 0.2) is 48.5 Å². The summed E-state index contributed by atoms with van der Waals surface area (Å²) in [5, 5.41) is 0. The van der Waals surface area contributed by atoms with Crippen molar-refractivity contribution in [3.8, 4) is 0 Å². The molecule has 5 heteroatoms. The van der Waals surface area contributed by atoms with Crippen LogP contribution in [-0.2, 0) is 17.8 Å². The quantitative estimate of drug-likeness (QED) is 0.921. The van der Waals surface area contributed by atoms with Gasteiger partial charge in [0.15, 0.2) is 0 Å². The van der Waals surface area contributed by atoms with Crippen LogP contribution in [0.25, 0.3) is 0 Å². The number of likely N-dealkylation sites (tertiary alicyclic amines) is 1. The van der Waals surface area contributed by atoms with Gasteiger partial charge in [0.2, 0.25) is 5.91 Å². The van der Waals surface area contributed by atoms with Crippen LogP contribution in [0, 0.1) is 5.82 Å². The van der Waals surface area contributed by atoms with Crippen molar-refractivity contribution < 1.29 is 9.18 Å². The molecule has 1 atom stereocenters. The van der Waals surface area contributed by atoms with E-state index in [9.17, 15) is 9.18 Å². The van der Waals surface area contributed by atoms with Crippen LogP contribution < -0.4 is 5.73 Å². The van der Waals surface area contributed by atoms with Crippen LogP contribution in [0.4, 0.5) is 4.39 Å². The van der Waals surface area contributed by atoms with Gasteiger partial charge in [-0.25, -0.2) is 4.39 Å². The SMILES string of the molecule is Cl.NCc1cccc(CC(=O)N2CCC(c3cccc(F)c3)C2)c1. The predicted molar refractivity (Wildman–Crippen MR) is 95.6 cm³/mol. The van der Waals surface area contributed by atoms with E-state index in [1.54, 1.807) is 12.1 Å². The van der Waals surface area contributed by atoms with E-state index >= 15 is 0 Å². The molecule has 0 aliphatic carbocycles. The first-order valence-electron chi connectivity index (χ1n) is 7.97. The topological polar surface area (TPSA) is 46.3 Å². The Bertz CT molecular complexity index is 707. The van der Waals surface area contributed by atoms with Crippen LogP contribution in [0.5, 0.6) is 0 Å². The molecule has 0 saturated carbocycles. The second-order valence-electron chi connectivity index (χ2n) is 6.08. The number of carbonyl (C=O) groups is 1. The molecule has 1 amide bonds. The summed E-state index contributed by atoms with van der Waals surface area (Å²) in [6.07, 6.45) is 1.28. The lowest BCUT2D eigenvalue weighted by molar-refractivity contribution is -0.129. The van der Waals surface area contributed by atoms with Crippen LogP contribution >= 0.6 is 12.4 Å². The fourth-order valence-corrected chi connectivity index (χ4v) is 3.17. The van der Waals surface area contributed by atoms with Gasteiger partial charge in [-0.3, -0.25) is 4.79 Å². The van der Waals surface area contributed by atoms with Crippen molar-refractivity contribution in [2.45, 2.75) is 25.3 Å². The van der Waals surface area contributed by atoms with Gasteiger partial charge < -0.3 is 10.6 Å². The molecular weight excluding hydrogens is 327 g/mol. The summed E-state index contributed by atoms with van der Waals surface area (Å²) in [4.78, 5) is 14.4. The summed E-state index contributed by atoms with van der Waals surface area (Å²) >= 11 is 0. The Morgan fingerprint density at radius 3 is 2.67 bits per heavy atom. The Labute approximate surface area is 148 Å². The van der Waals surface area contributed by atoms with Crippen LogP contribution in [0.2, 0.25) is 0 Å². The second kappa shape index (κ2) is 8.27. The third-order valence-corrected chi connectivity index (χ3v) is 4.44. The Hall–Kier alpha value is -1.91. The predicted octanol–water partition coefficient (Wildman–Crippen LogP) is 3.26. The molecule has 2 aromatic rings. The number of hydrogen-bond donors (Lipinski definition) is 1. The van der Waals surface area contributed by atoms with Crippen molar-refractivity contribution >= 4 is 18.3 Å². The monoisotopic (exact) mass is 348 g/mol. The molecule has 2 N–H and O–H groups in total. The van der Waals surface area contributed by atoms with Gasteiger partial charge in [-0.05, 0) is 35.2 Å². The Balaban J connectivity index is 0.00000208. The van der Waals surface area contributed by atoms with E-state index < -0.39 is 0 Å². The number of nitrogens with two attached hydrogens (primary N) is 1. The molecule has 1 unspecified atom stereocenters. The molecule has 2 aromatic carbocycles. The second-order valence-corrected chi connectivity index (χ2v) is 6.08. The Morgan fingerprint density at radius 2 is 1.92 bits per heavy atom. The van der Waals surface area contributed by atoms with E-state index in [1.165, 1.54) is 6.07 Å². The lowest BCUT2D eigenvalue weighted by Gasteiger charge is -2.17. The number of rotatable bonds is 4. The first-order chi connectivity index (χ1) is 11.2. The first kappa shape index (κ1) is 18.4. The van der Waals surface area contributed by atoms with Crippen LogP contribution in [-0.4, -0.2) is 23.9 Å². The van der Waals surface area contributed by atoms with E-state index in [4.69, 9.17) is 5.73 Å². The number of nitrogens with zero attached hydrogens (tertiary/aromatic N) is 1. The average molecular weight is 349 g/mol. The van der Waals surface area contributed by atoms with Crippen molar-refractivity contribution in [1.29, 1.82) is 0 Å². The number of hydrogen-bond acceptors (Lipinski definition) is 2. The zero-order valence-corrected chi connectivity index (χ0v) is 14.3. The molecular formula is C19H22ClFN2O. The highest BCUT2D eigenvalue weighted by molar-refractivity contribution is 5.85. The highest BCUT2D eigenvalue weighted by atomic mass is 35.5. The minimum atomic E-state index is -0.217. The van der Waals surface area contributed by atoms with E-state index in [1.807, 2.05) is 35.2 Å². The molecule has 0 bridgehead atoms. The molecule has 1 heterocycles. The zero-order chi connectivity index (χ0) is 16.2. The van der Waals surface area contributed by atoms with E-state index in [0.717, 1.165) is 29.7 Å². The van der Waals surface area contributed by atoms with E-state index in [-0.39, 0.29) is 30.0 Å². The van der Waals surface area contributed by atoms with Gasteiger partial charge in [-0.15, -0.1) is 12.4 Å². The number of carbonyl (C=O) groups excluding carboxylic acids is 1. The Morgan fingerprint density at radius 1 is 1.17 bits per heavy atom. The van der Waals surface area contributed by atoms with Crippen molar-refractivity contribution in [3.63, 3.8) is 0 Å². The van der Waals surface area contributed by atoms with Gasteiger partial charge in [0.1, 0.15) is 5.82 Å². The molecule has 128 valence electrons. The molecule has 1 aliphatic rings. The normalized spacial score (nSPS) is 16.8. The lowest BCUT2D eigenvalue weighted by Crippen LogP contribution is -2.29. The highest BCUT2D eigenvalue weighted by Gasteiger charge is 2.27. The highest BCUT2D eigenvalue weighted by Crippen LogP contribution is 2.28. The molecule has 0 radical (unpaired) electrons. The fourth-order valence-electron chi connectivity index (χ4n) is 3.17. The molecule has 3 rings (SSSR count). The molecule has 0 spiro atoms. The van der Waals surface area contributed by atoms with Gasteiger partial charge in [-0.1, -0.05) is 36.4 Å². The van der Waals surface area contributed by atoms with E-state index in [0.29, 0.717) is 19.5 Å². The smallest absolute Gasteiger partial charge is 0.227 e. The summed E-state index contributed by atoms with van der Waals surface area (Å²) < 4.78 is 13.3. The lowest BCUT2D eigenvalue weighted by atomic mass is 9.98. The third kappa shape index (κ3) is 4.34. The average Bonchev–Trinajstić information content (AvgIpc) is 3.05. The van der Waals surface area contributed by atoms with Crippen LogP contribution in [0.3, 0.4) is 0 Å². The van der Waals surface area contributed by atoms with Crippen molar-refractivity contribution in [2.24, 2.45) is 5.73 Å².